The quantitative estimate of drug-likeness (QED) is 0.743. The number of thiophene rings is 1. The molecule has 2 atom stereocenters. The molecule has 0 bridgehead atoms. The normalized spacial score (nSPS) is 16.1. The Bertz CT molecular complexity index is 302. The second-order valence-electron chi connectivity index (χ2n) is 3.25. The van der Waals surface area contributed by atoms with Crippen LogP contribution in [0.2, 0.25) is 0 Å². The minimum atomic E-state index is -4.62. The Balaban J connectivity index is 2.26. The fourth-order valence-electron chi connectivity index (χ4n) is 1.05. The zero-order valence-electron chi connectivity index (χ0n) is 8.24. The van der Waals surface area contributed by atoms with E-state index >= 15 is 0 Å². The number of halogens is 3. The molecule has 0 radical (unpaired) electrons. The summed E-state index contributed by atoms with van der Waals surface area (Å²) in [4.78, 5) is 0.675. The molecule has 2 unspecified atom stereocenters. The van der Waals surface area contributed by atoms with Crippen molar-refractivity contribution in [1.82, 2.24) is 5.32 Å². The van der Waals surface area contributed by atoms with E-state index in [-0.39, 0.29) is 6.54 Å². The van der Waals surface area contributed by atoms with E-state index in [9.17, 15) is 18.3 Å². The van der Waals surface area contributed by atoms with Crippen molar-refractivity contribution in [1.29, 1.82) is 0 Å². The van der Waals surface area contributed by atoms with Crippen molar-refractivity contribution >= 4 is 11.3 Å². The summed E-state index contributed by atoms with van der Waals surface area (Å²) in [7, 11) is 0. The molecule has 0 amide bonds. The predicted molar refractivity (Wildman–Crippen MR) is 54.2 cm³/mol. The average Bonchev–Trinajstić information content (AvgIpc) is 2.68. The van der Waals surface area contributed by atoms with E-state index in [2.05, 4.69) is 5.32 Å². The first-order valence-corrected chi connectivity index (χ1v) is 5.46. The van der Waals surface area contributed by atoms with Gasteiger partial charge in [-0.2, -0.15) is 13.2 Å². The molecule has 1 aromatic rings. The van der Waals surface area contributed by atoms with Crippen LogP contribution in [0.4, 0.5) is 13.2 Å². The van der Waals surface area contributed by atoms with Gasteiger partial charge in [-0.25, -0.2) is 0 Å². The van der Waals surface area contributed by atoms with E-state index in [4.69, 9.17) is 5.11 Å². The van der Waals surface area contributed by atoms with Crippen molar-refractivity contribution in [3.8, 4) is 0 Å². The van der Waals surface area contributed by atoms with Crippen LogP contribution in [-0.4, -0.2) is 35.6 Å². The number of aliphatic hydroxyl groups excluding tert-OH is 2. The smallest absolute Gasteiger partial charge is 0.386 e. The van der Waals surface area contributed by atoms with E-state index in [1.807, 2.05) is 0 Å². The lowest BCUT2D eigenvalue weighted by Gasteiger charge is -2.16. The summed E-state index contributed by atoms with van der Waals surface area (Å²) in [6.07, 6.45) is -7.87. The van der Waals surface area contributed by atoms with Crippen LogP contribution in [0.5, 0.6) is 0 Å². The van der Waals surface area contributed by atoms with Gasteiger partial charge in [0.1, 0.15) is 6.10 Å². The highest BCUT2D eigenvalue weighted by Crippen LogP contribution is 2.20. The molecular formula is C9H12F3NO2S. The number of nitrogens with one attached hydrogen (secondary N) is 1. The Morgan fingerprint density at radius 3 is 2.50 bits per heavy atom. The van der Waals surface area contributed by atoms with Crippen LogP contribution < -0.4 is 5.32 Å². The van der Waals surface area contributed by atoms with Crippen molar-refractivity contribution < 1.29 is 23.4 Å². The van der Waals surface area contributed by atoms with Gasteiger partial charge in [0, 0.05) is 18.0 Å². The number of alkyl halides is 3. The van der Waals surface area contributed by atoms with Gasteiger partial charge in [0.15, 0.2) is 6.10 Å². The van der Waals surface area contributed by atoms with Crippen LogP contribution in [0, 0.1) is 0 Å². The first-order chi connectivity index (χ1) is 7.41. The fourth-order valence-corrected chi connectivity index (χ4v) is 1.77. The summed E-state index contributed by atoms with van der Waals surface area (Å²) in [5.74, 6) is 0. The van der Waals surface area contributed by atoms with E-state index in [0.717, 1.165) is 0 Å². The highest BCUT2D eigenvalue weighted by Gasteiger charge is 2.37. The number of hydrogen-bond acceptors (Lipinski definition) is 4. The lowest BCUT2D eigenvalue weighted by atomic mass is 10.2. The Hall–Kier alpha value is -0.630. The maximum Gasteiger partial charge on any atom is 0.415 e. The molecule has 0 fully saturated rings. The van der Waals surface area contributed by atoms with E-state index in [0.29, 0.717) is 4.88 Å². The van der Waals surface area contributed by atoms with Crippen LogP contribution in [0.15, 0.2) is 17.5 Å². The zero-order chi connectivity index (χ0) is 12.2. The molecule has 1 heterocycles. The lowest BCUT2D eigenvalue weighted by molar-refractivity contribution is -0.202. The van der Waals surface area contributed by atoms with Gasteiger partial charge >= 0.3 is 6.18 Å². The molecule has 0 saturated carbocycles. The van der Waals surface area contributed by atoms with Crippen molar-refractivity contribution in [3.05, 3.63) is 22.4 Å². The van der Waals surface area contributed by atoms with Crippen LogP contribution in [0.3, 0.4) is 0 Å². The van der Waals surface area contributed by atoms with Crippen LogP contribution in [0.1, 0.15) is 11.0 Å². The highest BCUT2D eigenvalue weighted by molar-refractivity contribution is 7.10. The van der Waals surface area contributed by atoms with Crippen molar-refractivity contribution in [3.63, 3.8) is 0 Å². The third-order valence-corrected chi connectivity index (χ3v) is 2.90. The van der Waals surface area contributed by atoms with Gasteiger partial charge in [0.2, 0.25) is 0 Å². The van der Waals surface area contributed by atoms with E-state index in [1.165, 1.54) is 11.3 Å². The number of rotatable bonds is 5. The third-order valence-electron chi connectivity index (χ3n) is 1.92. The predicted octanol–water partition coefficient (Wildman–Crippen LogP) is 1.29. The molecule has 0 aromatic carbocycles. The van der Waals surface area contributed by atoms with Crippen LogP contribution in [0.25, 0.3) is 0 Å². The number of aliphatic hydroxyl groups is 2. The topological polar surface area (TPSA) is 52.5 Å². The first kappa shape index (κ1) is 13.4. The van der Waals surface area contributed by atoms with Gasteiger partial charge in [-0.15, -0.1) is 11.3 Å². The molecule has 0 saturated heterocycles. The van der Waals surface area contributed by atoms with Gasteiger partial charge in [0.25, 0.3) is 0 Å². The summed E-state index contributed by atoms with van der Waals surface area (Å²) in [6, 6.07) is 3.44. The van der Waals surface area contributed by atoms with Gasteiger partial charge < -0.3 is 15.5 Å². The van der Waals surface area contributed by atoms with Gasteiger partial charge in [-0.1, -0.05) is 6.07 Å². The first-order valence-electron chi connectivity index (χ1n) is 4.58. The molecule has 3 N–H and O–H groups in total. The fraction of sp³-hybridized carbons (Fsp3) is 0.556. The summed E-state index contributed by atoms with van der Waals surface area (Å²) in [5, 5.41) is 22.3. The molecule has 0 aliphatic carbocycles. The minimum absolute atomic E-state index is 0.0202. The molecule has 7 heteroatoms. The molecule has 0 spiro atoms. The largest absolute Gasteiger partial charge is 0.415 e. The molecule has 0 aliphatic rings. The summed E-state index contributed by atoms with van der Waals surface area (Å²) in [5.41, 5.74) is 0. The Morgan fingerprint density at radius 1 is 1.31 bits per heavy atom. The Kier molecular flexibility index (Phi) is 4.72. The molecule has 1 aromatic heterocycles. The van der Waals surface area contributed by atoms with Gasteiger partial charge in [-0.05, 0) is 11.4 Å². The third kappa shape index (κ3) is 4.09. The molecule has 16 heavy (non-hydrogen) atoms. The Morgan fingerprint density at radius 2 is 2.00 bits per heavy atom. The lowest BCUT2D eigenvalue weighted by Crippen LogP contribution is -2.39. The van der Waals surface area contributed by atoms with E-state index < -0.39 is 24.9 Å². The summed E-state index contributed by atoms with van der Waals surface area (Å²) in [6.45, 7) is -0.639. The molecule has 0 aliphatic heterocycles. The van der Waals surface area contributed by atoms with Crippen LogP contribution in [-0.2, 0) is 0 Å². The second-order valence-corrected chi connectivity index (χ2v) is 4.23. The molecular weight excluding hydrogens is 243 g/mol. The van der Waals surface area contributed by atoms with Crippen LogP contribution >= 0.6 is 11.3 Å². The van der Waals surface area contributed by atoms with Gasteiger partial charge in [-0.3, -0.25) is 0 Å². The van der Waals surface area contributed by atoms with E-state index in [1.54, 1.807) is 17.5 Å². The molecule has 92 valence electrons. The van der Waals surface area contributed by atoms with Crippen molar-refractivity contribution in [2.45, 2.75) is 18.4 Å². The Labute approximate surface area is 94.5 Å². The molecule has 1 rings (SSSR count). The minimum Gasteiger partial charge on any atom is -0.386 e. The summed E-state index contributed by atoms with van der Waals surface area (Å²) >= 11 is 1.32. The maximum absolute atomic E-state index is 11.9. The SMILES string of the molecule is OC(CNCC(O)C(F)(F)F)c1cccs1. The van der Waals surface area contributed by atoms with Crippen molar-refractivity contribution in [2.24, 2.45) is 0 Å². The summed E-state index contributed by atoms with van der Waals surface area (Å²) < 4.78 is 35.7. The monoisotopic (exact) mass is 255 g/mol. The van der Waals surface area contributed by atoms with Crippen molar-refractivity contribution in [2.75, 3.05) is 13.1 Å². The highest BCUT2D eigenvalue weighted by atomic mass is 32.1. The standard InChI is InChI=1S/C9H12F3NO2S/c10-9(11,12)8(15)5-13-4-6(14)7-2-1-3-16-7/h1-3,6,8,13-15H,4-5H2. The zero-order valence-corrected chi connectivity index (χ0v) is 9.05. The average molecular weight is 255 g/mol. The molecule has 3 nitrogen and oxygen atoms in total. The maximum atomic E-state index is 11.9. The van der Waals surface area contributed by atoms with Gasteiger partial charge in [0.05, 0.1) is 0 Å². The number of hydrogen-bond donors (Lipinski definition) is 3. The second kappa shape index (κ2) is 5.62.